The molecule has 0 saturated heterocycles. The van der Waals surface area contributed by atoms with Crippen molar-refractivity contribution >= 4 is 22.8 Å². The molecular weight excluding hydrogens is 204 g/mol. The number of nitrogens with one attached hydrogen (secondary N) is 3. The smallest absolute Gasteiger partial charge is 0.275 e. The highest BCUT2D eigenvalue weighted by Crippen LogP contribution is 2.09. The second kappa shape index (κ2) is 3.70. The number of thioether (sulfide) groups is 1. The largest absolute Gasteiger partial charge is 0.300 e. The maximum absolute atomic E-state index is 11.4. The molecule has 0 bridgehead atoms. The van der Waals surface area contributed by atoms with Gasteiger partial charge < -0.3 is 0 Å². The van der Waals surface area contributed by atoms with Gasteiger partial charge >= 0.3 is 0 Å². The third kappa shape index (κ3) is 1.87. The molecule has 1 aliphatic heterocycles. The van der Waals surface area contributed by atoms with Crippen molar-refractivity contribution in [1.82, 2.24) is 15.5 Å². The van der Waals surface area contributed by atoms with Crippen LogP contribution in [0.5, 0.6) is 0 Å². The summed E-state index contributed by atoms with van der Waals surface area (Å²) in [6.07, 6.45) is 0. The predicted molar refractivity (Wildman–Crippen MR) is 53.6 cm³/mol. The number of nitrogens with zero attached hydrogens (tertiary/aromatic N) is 1. The molecule has 1 aliphatic rings. The Kier molecular flexibility index (Phi) is 2.40. The molecule has 74 valence electrons. The summed E-state index contributed by atoms with van der Waals surface area (Å²) in [4.78, 5) is 26.2. The summed E-state index contributed by atoms with van der Waals surface area (Å²) in [6, 6.07) is 1.20. The van der Waals surface area contributed by atoms with Gasteiger partial charge in [-0.05, 0) is 0 Å². The van der Waals surface area contributed by atoms with Crippen LogP contribution < -0.4 is 10.9 Å². The predicted octanol–water partition coefficient (Wildman–Crippen LogP) is -0.464. The average Bonchev–Trinajstić information content (AvgIpc) is 2.75. The van der Waals surface area contributed by atoms with Crippen LogP contribution in [0.4, 0.5) is 0 Å². The van der Waals surface area contributed by atoms with Gasteiger partial charge in [-0.2, -0.15) is 0 Å². The maximum atomic E-state index is 11.4. The van der Waals surface area contributed by atoms with Crippen molar-refractivity contribution in [3.63, 3.8) is 0 Å². The van der Waals surface area contributed by atoms with Crippen molar-refractivity contribution in [1.29, 1.82) is 0 Å². The molecule has 0 fully saturated rings. The van der Waals surface area contributed by atoms with Gasteiger partial charge in [0.2, 0.25) is 0 Å². The van der Waals surface area contributed by atoms with Gasteiger partial charge in [0, 0.05) is 11.8 Å². The van der Waals surface area contributed by atoms with E-state index < -0.39 is 0 Å². The fourth-order valence-corrected chi connectivity index (χ4v) is 1.75. The Bertz CT molecular complexity index is 433. The van der Waals surface area contributed by atoms with E-state index in [0.717, 1.165) is 12.3 Å². The van der Waals surface area contributed by atoms with Crippen LogP contribution in [-0.2, 0) is 0 Å². The highest BCUT2D eigenvalue weighted by atomic mass is 32.2. The molecule has 2 rings (SSSR count). The number of hydrogen-bond donors (Lipinski definition) is 3. The Balaban J connectivity index is 2.05. The SMILES string of the molecule is O=C(NC1=NCCS1)c1cc(=O)[nH][nH]1. The van der Waals surface area contributed by atoms with E-state index in [2.05, 4.69) is 20.5 Å². The quantitative estimate of drug-likeness (QED) is 0.588. The van der Waals surface area contributed by atoms with E-state index in [1.54, 1.807) is 0 Å². The fourth-order valence-electron chi connectivity index (χ4n) is 1.03. The topological polar surface area (TPSA) is 90.1 Å². The van der Waals surface area contributed by atoms with Crippen molar-refractivity contribution in [2.45, 2.75) is 0 Å². The van der Waals surface area contributed by atoms with Gasteiger partial charge in [-0.1, -0.05) is 11.8 Å². The molecule has 1 amide bonds. The van der Waals surface area contributed by atoms with Crippen LogP contribution in [0.2, 0.25) is 0 Å². The van der Waals surface area contributed by atoms with Crippen LogP contribution in [0.3, 0.4) is 0 Å². The van der Waals surface area contributed by atoms with Gasteiger partial charge in [0.15, 0.2) is 5.17 Å². The Morgan fingerprint density at radius 3 is 3.00 bits per heavy atom. The molecule has 0 aliphatic carbocycles. The lowest BCUT2D eigenvalue weighted by Gasteiger charge is -1.99. The Morgan fingerprint density at radius 1 is 1.57 bits per heavy atom. The second-order valence-electron chi connectivity index (χ2n) is 2.66. The molecule has 0 saturated carbocycles. The van der Waals surface area contributed by atoms with E-state index in [0.29, 0.717) is 5.17 Å². The summed E-state index contributed by atoms with van der Waals surface area (Å²) in [5.74, 6) is 0.538. The van der Waals surface area contributed by atoms with Gasteiger partial charge in [0.05, 0.1) is 6.54 Å². The maximum Gasteiger partial charge on any atom is 0.275 e. The first-order valence-corrected chi connectivity index (χ1v) is 5.00. The average molecular weight is 212 g/mol. The monoisotopic (exact) mass is 212 g/mol. The van der Waals surface area contributed by atoms with Crippen LogP contribution in [0.1, 0.15) is 10.5 Å². The standard InChI is InChI=1S/C7H8N4O2S/c12-5-3-4(10-11-5)6(13)9-7-8-1-2-14-7/h3H,1-2H2,(H,8,9,13)(H2,10,11,12). The number of aromatic nitrogens is 2. The van der Waals surface area contributed by atoms with Crippen LogP contribution in [0.15, 0.2) is 15.9 Å². The van der Waals surface area contributed by atoms with Gasteiger partial charge in [-0.3, -0.25) is 30.1 Å². The van der Waals surface area contributed by atoms with Gasteiger partial charge in [0.1, 0.15) is 5.69 Å². The molecule has 0 atom stereocenters. The van der Waals surface area contributed by atoms with E-state index in [-0.39, 0.29) is 17.2 Å². The Hall–Kier alpha value is -1.50. The summed E-state index contributed by atoms with van der Waals surface area (Å²) >= 11 is 1.49. The highest BCUT2D eigenvalue weighted by Gasteiger charge is 2.13. The first-order valence-electron chi connectivity index (χ1n) is 4.02. The summed E-state index contributed by atoms with van der Waals surface area (Å²) < 4.78 is 0. The summed E-state index contributed by atoms with van der Waals surface area (Å²) in [5.41, 5.74) is -0.110. The van der Waals surface area contributed by atoms with Crippen LogP contribution in [-0.4, -0.2) is 33.6 Å². The van der Waals surface area contributed by atoms with E-state index in [1.807, 2.05) is 0 Å². The molecule has 2 heterocycles. The second-order valence-corrected chi connectivity index (χ2v) is 3.75. The van der Waals surface area contributed by atoms with Crippen molar-refractivity contribution in [2.24, 2.45) is 4.99 Å². The Morgan fingerprint density at radius 2 is 2.43 bits per heavy atom. The molecule has 3 N–H and O–H groups in total. The van der Waals surface area contributed by atoms with Crippen molar-refractivity contribution in [3.05, 3.63) is 22.1 Å². The third-order valence-corrected chi connectivity index (χ3v) is 2.54. The number of aromatic amines is 2. The molecule has 1 aromatic rings. The lowest BCUT2D eigenvalue weighted by Crippen LogP contribution is -2.27. The fraction of sp³-hybridized carbons (Fsp3) is 0.286. The molecule has 1 aromatic heterocycles. The molecule has 7 heteroatoms. The zero-order chi connectivity index (χ0) is 9.97. The first-order chi connectivity index (χ1) is 6.75. The van der Waals surface area contributed by atoms with E-state index in [9.17, 15) is 9.59 Å². The first kappa shape index (κ1) is 9.07. The normalized spacial score (nSPS) is 15.3. The minimum absolute atomic E-state index is 0.213. The minimum atomic E-state index is -0.350. The van der Waals surface area contributed by atoms with E-state index >= 15 is 0 Å². The van der Waals surface area contributed by atoms with Crippen molar-refractivity contribution in [3.8, 4) is 0 Å². The number of carbonyl (C=O) groups excluding carboxylic acids is 1. The van der Waals surface area contributed by atoms with Gasteiger partial charge in [-0.15, -0.1) is 0 Å². The molecule has 0 radical (unpaired) electrons. The number of H-pyrrole nitrogens is 2. The minimum Gasteiger partial charge on any atom is -0.300 e. The van der Waals surface area contributed by atoms with E-state index in [1.165, 1.54) is 17.8 Å². The Labute approximate surface area is 83.2 Å². The van der Waals surface area contributed by atoms with Crippen LogP contribution in [0.25, 0.3) is 0 Å². The summed E-state index contributed by atoms with van der Waals surface area (Å²) in [5, 5.41) is 7.95. The highest BCUT2D eigenvalue weighted by molar-refractivity contribution is 8.14. The molecule has 14 heavy (non-hydrogen) atoms. The summed E-state index contributed by atoms with van der Waals surface area (Å²) in [7, 11) is 0. The number of rotatable bonds is 1. The molecule has 6 nitrogen and oxygen atoms in total. The molecule has 0 aromatic carbocycles. The number of amides is 1. The van der Waals surface area contributed by atoms with Crippen molar-refractivity contribution in [2.75, 3.05) is 12.3 Å². The van der Waals surface area contributed by atoms with Crippen LogP contribution in [0, 0.1) is 0 Å². The zero-order valence-electron chi connectivity index (χ0n) is 7.16. The molecule has 0 unspecified atom stereocenters. The molecule has 0 spiro atoms. The number of aliphatic imine (C=N–C) groups is 1. The van der Waals surface area contributed by atoms with Crippen LogP contribution >= 0.6 is 11.8 Å². The zero-order valence-corrected chi connectivity index (χ0v) is 7.98. The lowest BCUT2D eigenvalue weighted by molar-refractivity contribution is 0.0973. The lowest BCUT2D eigenvalue weighted by atomic mass is 10.4. The van der Waals surface area contributed by atoms with E-state index in [4.69, 9.17) is 0 Å². The third-order valence-electron chi connectivity index (χ3n) is 1.65. The van der Waals surface area contributed by atoms with Crippen molar-refractivity contribution < 1.29 is 4.79 Å². The number of hydrogen-bond acceptors (Lipinski definition) is 4. The summed E-state index contributed by atoms with van der Waals surface area (Å²) in [6.45, 7) is 0.726. The number of carbonyl (C=O) groups is 1. The molecular formula is C7H8N4O2S. The number of amidine groups is 1. The van der Waals surface area contributed by atoms with Gasteiger partial charge in [-0.25, -0.2) is 0 Å². The van der Waals surface area contributed by atoms with Gasteiger partial charge in [0.25, 0.3) is 11.5 Å².